The summed E-state index contributed by atoms with van der Waals surface area (Å²) < 4.78 is 7.01. The third-order valence-corrected chi connectivity index (χ3v) is 4.47. The number of carbonyl (C=O) groups is 1. The number of rotatable bonds is 3. The molecule has 1 fully saturated rings. The molecule has 0 unspecified atom stereocenters. The molecular weight excluding hydrogens is 292 g/mol. The number of benzene rings is 1. The molecule has 0 bridgehead atoms. The van der Waals surface area contributed by atoms with Crippen LogP contribution in [0.1, 0.15) is 36.8 Å². The first-order valence-electron chi connectivity index (χ1n) is 6.68. The SMILES string of the molecule is O=C1CCc2cc(Br)cc(OCC3CCC3)c2C1. The van der Waals surface area contributed by atoms with Crippen LogP contribution in [0.5, 0.6) is 5.75 Å². The summed E-state index contributed by atoms with van der Waals surface area (Å²) in [4.78, 5) is 11.6. The summed E-state index contributed by atoms with van der Waals surface area (Å²) in [6.45, 7) is 0.803. The number of carbonyl (C=O) groups excluding carboxylic acids is 1. The maximum absolute atomic E-state index is 11.6. The van der Waals surface area contributed by atoms with Gasteiger partial charge in [-0.25, -0.2) is 0 Å². The quantitative estimate of drug-likeness (QED) is 0.851. The van der Waals surface area contributed by atoms with Gasteiger partial charge in [-0.2, -0.15) is 0 Å². The highest BCUT2D eigenvalue weighted by atomic mass is 79.9. The molecule has 1 aromatic rings. The van der Waals surface area contributed by atoms with Gasteiger partial charge in [-0.3, -0.25) is 4.79 Å². The summed E-state index contributed by atoms with van der Waals surface area (Å²) in [6, 6.07) is 4.13. The molecule has 0 amide bonds. The topological polar surface area (TPSA) is 26.3 Å². The fourth-order valence-electron chi connectivity index (χ4n) is 2.65. The summed E-state index contributed by atoms with van der Waals surface area (Å²) in [5, 5.41) is 0. The zero-order valence-electron chi connectivity index (χ0n) is 10.4. The van der Waals surface area contributed by atoms with Crippen molar-refractivity contribution in [3.05, 3.63) is 27.7 Å². The molecule has 3 heteroatoms. The number of hydrogen-bond acceptors (Lipinski definition) is 2. The van der Waals surface area contributed by atoms with Crippen LogP contribution in [0.25, 0.3) is 0 Å². The van der Waals surface area contributed by atoms with Crippen molar-refractivity contribution in [2.24, 2.45) is 5.92 Å². The first-order valence-corrected chi connectivity index (χ1v) is 7.47. The molecule has 3 rings (SSSR count). The van der Waals surface area contributed by atoms with Crippen molar-refractivity contribution in [1.82, 2.24) is 0 Å². The van der Waals surface area contributed by atoms with Gasteiger partial charge in [-0.15, -0.1) is 0 Å². The molecule has 0 aromatic heterocycles. The van der Waals surface area contributed by atoms with Crippen molar-refractivity contribution in [2.45, 2.75) is 38.5 Å². The summed E-state index contributed by atoms with van der Waals surface area (Å²) in [5.41, 5.74) is 2.39. The van der Waals surface area contributed by atoms with E-state index in [2.05, 4.69) is 22.0 Å². The van der Waals surface area contributed by atoms with E-state index in [-0.39, 0.29) is 0 Å². The molecule has 2 nitrogen and oxygen atoms in total. The van der Waals surface area contributed by atoms with Crippen LogP contribution < -0.4 is 4.74 Å². The van der Waals surface area contributed by atoms with Gasteiger partial charge in [-0.1, -0.05) is 22.4 Å². The first kappa shape index (κ1) is 12.2. The van der Waals surface area contributed by atoms with Gasteiger partial charge in [0.15, 0.2) is 0 Å². The van der Waals surface area contributed by atoms with E-state index >= 15 is 0 Å². The minimum Gasteiger partial charge on any atom is -0.493 e. The Morgan fingerprint density at radius 2 is 2.11 bits per heavy atom. The van der Waals surface area contributed by atoms with E-state index in [1.807, 2.05) is 6.07 Å². The van der Waals surface area contributed by atoms with E-state index in [9.17, 15) is 4.79 Å². The number of Topliss-reactive ketones (excluding diaryl/α,β-unsaturated/α-hetero) is 1. The van der Waals surface area contributed by atoms with Gasteiger partial charge in [0.05, 0.1) is 6.61 Å². The molecule has 2 aliphatic carbocycles. The fraction of sp³-hybridized carbons (Fsp3) is 0.533. The normalized spacial score (nSPS) is 19.3. The van der Waals surface area contributed by atoms with Crippen LogP contribution in [-0.4, -0.2) is 12.4 Å². The van der Waals surface area contributed by atoms with Crippen LogP contribution in [0.15, 0.2) is 16.6 Å². The van der Waals surface area contributed by atoms with E-state index < -0.39 is 0 Å². The van der Waals surface area contributed by atoms with Crippen molar-refractivity contribution >= 4 is 21.7 Å². The minimum absolute atomic E-state index is 0.332. The van der Waals surface area contributed by atoms with Crippen LogP contribution in [0, 0.1) is 5.92 Å². The Labute approximate surface area is 116 Å². The number of ketones is 1. The average Bonchev–Trinajstić information content (AvgIpc) is 2.27. The fourth-order valence-corrected chi connectivity index (χ4v) is 3.13. The molecule has 0 heterocycles. The standard InChI is InChI=1S/C15H17BrO2/c16-12-6-11-4-5-13(17)8-14(11)15(7-12)18-9-10-2-1-3-10/h6-7,10H,1-5,8-9H2. The van der Waals surface area contributed by atoms with E-state index in [0.29, 0.717) is 18.6 Å². The van der Waals surface area contributed by atoms with Gasteiger partial charge in [0.2, 0.25) is 0 Å². The molecule has 1 saturated carbocycles. The second kappa shape index (κ2) is 5.04. The molecule has 0 N–H and O–H groups in total. The van der Waals surface area contributed by atoms with Crippen molar-refractivity contribution in [2.75, 3.05) is 6.61 Å². The van der Waals surface area contributed by atoms with Gasteiger partial charge in [-0.05, 0) is 42.9 Å². The molecule has 1 aromatic carbocycles. The lowest BCUT2D eigenvalue weighted by Crippen LogP contribution is -2.21. The van der Waals surface area contributed by atoms with Gasteiger partial charge in [0.1, 0.15) is 11.5 Å². The number of hydrogen-bond donors (Lipinski definition) is 0. The Bertz CT molecular complexity index is 478. The Hall–Kier alpha value is -0.830. The lowest BCUT2D eigenvalue weighted by molar-refractivity contribution is -0.118. The molecule has 0 spiro atoms. The van der Waals surface area contributed by atoms with E-state index in [4.69, 9.17) is 4.74 Å². The van der Waals surface area contributed by atoms with E-state index in [1.165, 1.54) is 24.8 Å². The van der Waals surface area contributed by atoms with Crippen LogP contribution in [0.3, 0.4) is 0 Å². The van der Waals surface area contributed by atoms with Crippen LogP contribution in [0.2, 0.25) is 0 Å². The molecule has 96 valence electrons. The minimum atomic E-state index is 0.332. The van der Waals surface area contributed by atoms with E-state index in [1.54, 1.807) is 0 Å². The van der Waals surface area contributed by atoms with Crippen LogP contribution in [-0.2, 0) is 17.6 Å². The Morgan fingerprint density at radius 1 is 1.28 bits per heavy atom. The number of aryl methyl sites for hydroxylation is 1. The van der Waals surface area contributed by atoms with Crippen molar-refractivity contribution in [1.29, 1.82) is 0 Å². The predicted molar refractivity (Wildman–Crippen MR) is 74.0 cm³/mol. The van der Waals surface area contributed by atoms with Gasteiger partial charge >= 0.3 is 0 Å². The van der Waals surface area contributed by atoms with Gasteiger partial charge < -0.3 is 4.74 Å². The van der Waals surface area contributed by atoms with Crippen molar-refractivity contribution in [3.8, 4) is 5.75 Å². The summed E-state index contributed by atoms with van der Waals surface area (Å²) >= 11 is 3.53. The first-order chi connectivity index (χ1) is 8.72. The van der Waals surface area contributed by atoms with Crippen LogP contribution >= 0.6 is 15.9 Å². The molecule has 2 aliphatic rings. The third kappa shape index (κ3) is 2.46. The lowest BCUT2D eigenvalue weighted by Gasteiger charge is -2.27. The summed E-state index contributed by atoms with van der Waals surface area (Å²) in [5.74, 6) is 1.97. The zero-order chi connectivity index (χ0) is 12.5. The second-order valence-corrected chi connectivity index (χ2v) is 6.28. The van der Waals surface area contributed by atoms with E-state index in [0.717, 1.165) is 34.7 Å². The highest BCUT2D eigenvalue weighted by Gasteiger charge is 2.22. The van der Waals surface area contributed by atoms with Gasteiger partial charge in [0.25, 0.3) is 0 Å². The van der Waals surface area contributed by atoms with Crippen molar-refractivity contribution < 1.29 is 9.53 Å². The Kier molecular flexibility index (Phi) is 3.42. The van der Waals surface area contributed by atoms with Crippen molar-refractivity contribution in [3.63, 3.8) is 0 Å². The average molecular weight is 309 g/mol. The highest BCUT2D eigenvalue weighted by molar-refractivity contribution is 9.10. The smallest absolute Gasteiger partial charge is 0.137 e. The predicted octanol–water partition coefficient (Wildman–Crippen LogP) is 3.69. The summed E-state index contributed by atoms with van der Waals surface area (Å²) in [7, 11) is 0. The number of fused-ring (bicyclic) bond motifs is 1. The molecule has 0 aliphatic heterocycles. The van der Waals surface area contributed by atoms with Gasteiger partial charge in [0, 0.05) is 22.9 Å². The molecule has 0 atom stereocenters. The van der Waals surface area contributed by atoms with Crippen LogP contribution in [0.4, 0.5) is 0 Å². The summed E-state index contributed by atoms with van der Waals surface area (Å²) in [6.07, 6.45) is 5.98. The lowest BCUT2D eigenvalue weighted by atomic mass is 9.86. The Balaban J connectivity index is 1.82. The number of ether oxygens (including phenoxy) is 1. The Morgan fingerprint density at radius 3 is 2.83 bits per heavy atom. The molecular formula is C15H17BrO2. The zero-order valence-corrected chi connectivity index (χ0v) is 12.0. The molecule has 18 heavy (non-hydrogen) atoms. The monoisotopic (exact) mass is 308 g/mol. The number of halogens is 1. The second-order valence-electron chi connectivity index (χ2n) is 5.36. The largest absolute Gasteiger partial charge is 0.493 e. The highest BCUT2D eigenvalue weighted by Crippen LogP contribution is 2.34. The maximum Gasteiger partial charge on any atom is 0.137 e. The molecule has 0 saturated heterocycles. The maximum atomic E-state index is 11.6. The molecule has 0 radical (unpaired) electrons. The third-order valence-electron chi connectivity index (χ3n) is 4.01.